The summed E-state index contributed by atoms with van der Waals surface area (Å²) < 4.78 is 39.3. The lowest BCUT2D eigenvalue weighted by molar-refractivity contribution is -0.433. The van der Waals surface area contributed by atoms with Crippen molar-refractivity contribution in [1.82, 2.24) is 0 Å². The van der Waals surface area contributed by atoms with Crippen LogP contribution in [0.1, 0.15) is 44.1 Å². The van der Waals surface area contributed by atoms with Gasteiger partial charge in [-0.2, -0.15) is 8.78 Å². The van der Waals surface area contributed by atoms with Gasteiger partial charge in [0.1, 0.15) is 17.8 Å². The Morgan fingerprint density at radius 3 is 2.17 bits per heavy atom. The quantitative estimate of drug-likeness (QED) is 0.209. The molecule has 0 radical (unpaired) electrons. The number of carbonyl (C=O) groups is 2. The number of hydrogen-bond acceptors (Lipinski definition) is 8. The Labute approximate surface area is 176 Å². The van der Waals surface area contributed by atoms with Crippen LogP contribution in [0.25, 0.3) is 0 Å². The number of hydrogen-bond donors (Lipinski definition) is 1. The Morgan fingerprint density at radius 1 is 1.07 bits per heavy atom. The molecule has 0 amide bonds. The van der Waals surface area contributed by atoms with Crippen molar-refractivity contribution in [3.63, 3.8) is 0 Å². The van der Waals surface area contributed by atoms with E-state index in [0.29, 0.717) is 0 Å². The van der Waals surface area contributed by atoms with Crippen LogP contribution in [0, 0.1) is 17.8 Å². The Bertz CT molecular complexity index is 764. The maximum absolute atomic E-state index is 13.3. The van der Waals surface area contributed by atoms with E-state index in [0.717, 1.165) is 17.8 Å². The summed E-state index contributed by atoms with van der Waals surface area (Å²) in [5.41, 5.74) is 1.48. The summed E-state index contributed by atoms with van der Waals surface area (Å²) in [7, 11) is 0. The molecule has 0 saturated heterocycles. The van der Waals surface area contributed by atoms with Crippen molar-refractivity contribution in [2.24, 2.45) is 17.8 Å². The Balaban J connectivity index is 1.31. The normalized spacial score (nSPS) is 29.6. The summed E-state index contributed by atoms with van der Waals surface area (Å²) >= 11 is -0.765. The molecule has 4 saturated carbocycles. The van der Waals surface area contributed by atoms with Crippen molar-refractivity contribution in [1.29, 1.82) is 0 Å². The standard InChI is InChI=1S/C20H22F2O7S/c21-20(22,30-29-28-25)18(24)26-11-17(23)27-16-3-1-15(2-4-16)19-8-12-5-13(9-19)7-14(6-12)10-19/h1-4,12-14,25H,5-11H2. The van der Waals surface area contributed by atoms with Crippen molar-refractivity contribution in [2.45, 2.75) is 49.2 Å². The van der Waals surface area contributed by atoms with E-state index >= 15 is 0 Å². The predicted octanol–water partition coefficient (Wildman–Crippen LogP) is 4.27. The molecule has 4 fully saturated rings. The van der Waals surface area contributed by atoms with E-state index in [-0.39, 0.29) is 11.2 Å². The largest absolute Gasteiger partial charge is 0.448 e. The van der Waals surface area contributed by atoms with Gasteiger partial charge in [0.15, 0.2) is 6.61 Å². The first-order chi connectivity index (χ1) is 14.3. The molecule has 0 aliphatic heterocycles. The second kappa shape index (κ2) is 8.41. The Hall–Kier alpha value is -1.75. The van der Waals surface area contributed by atoms with Crippen LogP contribution in [0.4, 0.5) is 8.78 Å². The molecule has 1 aromatic carbocycles. The van der Waals surface area contributed by atoms with Crippen LogP contribution < -0.4 is 4.74 Å². The van der Waals surface area contributed by atoms with Gasteiger partial charge in [-0.25, -0.2) is 14.8 Å². The third-order valence-corrected chi connectivity index (χ3v) is 6.97. The lowest BCUT2D eigenvalue weighted by Crippen LogP contribution is -2.48. The Morgan fingerprint density at radius 2 is 1.63 bits per heavy atom. The topological polar surface area (TPSA) is 91.3 Å². The van der Waals surface area contributed by atoms with E-state index in [4.69, 9.17) is 9.99 Å². The number of halogens is 2. The summed E-state index contributed by atoms with van der Waals surface area (Å²) in [6.07, 6.45) is 7.70. The molecule has 4 bridgehead atoms. The van der Waals surface area contributed by atoms with Gasteiger partial charge >= 0.3 is 17.2 Å². The molecule has 164 valence electrons. The van der Waals surface area contributed by atoms with Crippen LogP contribution in [-0.2, 0) is 29.1 Å². The van der Waals surface area contributed by atoms with Gasteiger partial charge in [-0.3, -0.25) is 0 Å². The summed E-state index contributed by atoms with van der Waals surface area (Å²) in [5.74, 6) is -0.329. The summed E-state index contributed by atoms with van der Waals surface area (Å²) in [5, 5.41) is 6.69. The van der Waals surface area contributed by atoms with Crippen molar-refractivity contribution in [3.8, 4) is 5.75 Å². The highest BCUT2D eigenvalue weighted by Crippen LogP contribution is 2.60. The number of carbonyl (C=O) groups excluding carboxylic acids is 2. The van der Waals surface area contributed by atoms with Gasteiger partial charge in [0.2, 0.25) is 0 Å². The van der Waals surface area contributed by atoms with E-state index in [2.05, 4.69) is 14.1 Å². The molecule has 1 N–H and O–H groups in total. The first-order valence-corrected chi connectivity index (χ1v) is 10.6. The maximum Gasteiger partial charge on any atom is 0.415 e. The highest BCUT2D eigenvalue weighted by Gasteiger charge is 2.51. The maximum atomic E-state index is 13.3. The molecule has 30 heavy (non-hydrogen) atoms. The van der Waals surface area contributed by atoms with Gasteiger partial charge < -0.3 is 9.47 Å². The fourth-order valence-corrected chi connectivity index (χ4v) is 6.04. The molecule has 0 atom stereocenters. The van der Waals surface area contributed by atoms with Crippen LogP contribution in [0.3, 0.4) is 0 Å². The SMILES string of the molecule is O=C(COC(=O)C(F)(F)SOOO)Oc1ccc(C23CC4CC(CC(C4)C2)C3)cc1. The van der Waals surface area contributed by atoms with E-state index < -0.39 is 35.8 Å². The molecule has 0 spiro atoms. The minimum Gasteiger partial charge on any atom is -0.448 e. The first kappa shape index (κ1) is 21.5. The lowest BCUT2D eigenvalue weighted by atomic mass is 9.48. The van der Waals surface area contributed by atoms with E-state index in [1.807, 2.05) is 12.1 Å². The number of esters is 2. The summed E-state index contributed by atoms with van der Waals surface area (Å²) in [4.78, 5) is 23.1. The number of ether oxygens (including phenoxy) is 2. The third-order valence-electron chi connectivity index (χ3n) is 6.46. The number of alkyl halides is 2. The zero-order chi connectivity index (χ0) is 21.4. The molecule has 0 heterocycles. The number of benzene rings is 1. The van der Waals surface area contributed by atoms with Crippen LogP contribution in [-0.4, -0.2) is 29.1 Å². The molecule has 0 unspecified atom stereocenters. The van der Waals surface area contributed by atoms with Gasteiger partial charge in [-0.1, -0.05) is 17.2 Å². The zero-order valence-corrected chi connectivity index (χ0v) is 16.9. The van der Waals surface area contributed by atoms with Crippen molar-refractivity contribution in [2.75, 3.05) is 6.61 Å². The van der Waals surface area contributed by atoms with Crippen molar-refractivity contribution in [3.05, 3.63) is 29.8 Å². The summed E-state index contributed by atoms with van der Waals surface area (Å²) in [6.45, 7) is -0.994. The Kier molecular flexibility index (Phi) is 6.02. The van der Waals surface area contributed by atoms with Gasteiger partial charge in [-0.15, -0.1) is 4.33 Å². The van der Waals surface area contributed by atoms with Crippen LogP contribution in [0.2, 0.25) is 0 Å². The predicted molar refractivity (Wildman–Crippen MR) is 100 cm³/mol. The molecular formula is C20H22F2O7S. The van der Waals surface area contributed by atoms with Crippen LogP contribution >= 0.6 is 12.0 Å². The van der Waals surface area contributed by atoms with Crippen molar-refractivity contribution >= 4 is 24.0 Å². The van der Waals surface area contributed by atoms with Gasteiger partial charge in [-0.05, 0) is 79.4 Å². The fourth-order valence-electron chi connectivity index (χ4n) is 5.80. The van der Waals surface area contributed by atoms with Crippen LogP contribution in [0.5, 0.6) is 5.75 Å². The molecule has 4 aliphatic rings. The monoisotopic (exact) mass is 444 g/mol. The molecular weight excluding hydrogens is 422 g/mol. The van der Waals surface area contributed by atoms with E-state index in [9.17, 15) is 18.4 Å². The average molecular weight is 444 g/mol. The minimum absolute atomic E-state index is 0.219. The smallest absolute Gasteiger partial charge is 0.415 e. The van der Waals surface area contributed by atoms with Crippen LogP contribution in [0.15, 0.2) is 24.3 Å². The van der Waals surface area contributed by atoms with Crippen molar-refractivity contribution < 1.29 is 42.5 Å². The fraction of sp³-hybridized carbons (Fsp3) is 0.600. The minimum atomic E-state index is -4.16. The van der Waals surface area contributed by atoms with E-state index in [1.165, 1.54) is 44.1 Å². The summed E-state index contributed by atoms with van der Waals surface area (Å²) in [6, 6.07) is 7.31. The molecule has 10 heteroatoms. The second-order valence-corrected chi connectivity index (χ2v) is 9.33. The molecule has 5 rings (SSSR count). The average Bonchev–Trinajstić information content (AvgIpc) is 2.70. The second-order valence-electron chi connectivity index (χ2n) is 8.52. The molecule has 7 nitrogen and oxygen atoms in total. The molecule has 0 aromatic heterocycles. The lowest BCUT2D eigenvalue weighted by Gasteiger charge is -2.57. The first-order valence-electron chi connectivity index (χ1n) is 9.82. The van der Waals surface area contributed by atoms with Gasteiger partial charge in [0, 0.05) is 0 Å². The highest BCUT2D eigenvalue weighted by molar-refractivity contribution is 7.96. The van der Waals surface area contributed by atoms with Gasteiger partial charge in [0.05, 0.1) is 0 Å². The van der Waals surface area contributed by atoms with E-state index in [1.54, 1.807) is 12.1 Å². The highest BCUT2D eigenvalue weighted by atomic mass is 32.2. The van der Waals surface area contributed by atoms with Gasteiger partial charge in [0.25, 0.3) is 0 Å². The molecule has 4 aliphatic carbocycles. The zero-order valence-electron chi connectivity index (χ0n) is 16.1. The number of rotatable bonds is 8. The molecule has 1 aromatic rings. The third kappa shape index (κ3) is 4.46.